The molecular weight excluding hydrogens is 342 g/mol. The van der Waals surface area contributed by atoms with Gasteiger partial charge in [0.15, 0.2) is 11.5 Å². The number of hydrogen-bond acceptors (Lipinski definition) is 7. The molecule has 0 saturated carbocycles. The van der Waals surface area contributed by atoms with Crippen LogP contribution in [0.2, 0.25) is 0 Å². The first-order chi connectivity index (χ1) is 12.0. The maximum Gasteiger partial charge on any atom is 0.230 e. The molecule has 2 aromatic rings. The van der Waals surface area contributed by atoms with Crippen LogP contribution in [0, 0.1) is 5.92 Å². The molecule has 1 atom stereocenters. The van der Waals surface area contributed by atoms with Crippen LogP contribution in [-0.2, 0) is 4.79 Å². The van der Waals surface area contributed by atoms with E-state index < -0.39 is 0 Å². The number of thioether (sulfide) groups is 1. The van der Waals surface area contributed by atoms with Crippen LogP contribution in [0.3, 0.4) is 0 Å². The lowest BCUT2D eigenvalue weighted by atomic mass is 9.95. The molecule has 0 bridgehead atoms. The van der Waals surface area contributed by atoms with E-state index in [2.05, 4.69) is 29.4 Å². The van der Waals surface area contributed by atoms with Crippen LogP contribution >= 0.6 is 11.8 Å². The number of nitrogens with zero attached hydrogens (tertiary/aromatic N) is 3. The van der Waals surface area contributed by atoms with E-state index in [1.165, 1.54) is 22.8 Å². The van der Waals surface area contributed by atoms with Gasteiger partial charge in [0.1, 0.15) is 19.5 Å². The van der Waals surface area contributed by atoms with E-state index in [0.717, 1.165) is 11.3 Å². The average Bonchev–Trinajstić information content (AvgIpc) is 3.02. The molecule has 0 spiro atoms. The van der Waals surface area contributed by atoms with Crippen LogP contribution in [-0.4, -0.2) is 39.7 Å². The summed E-state index contributed by atoms with van der Waals surface area (Å²) in [5, 5.41) is 11.1. The number of fused-ring (bicyclic) bond motifs is 1. The molecule has 0 saturated heterocycles. The Labute approximate surface area is 150 Å². The van der Waals surface area contributed by atoms with Gasteiger partial charge in [0, 0.05) is 0 Å². The topological polar surface area (TPSA) is 104 Å². The maximum atomic E-state index is 12.3. The van der Waals surface area contributed by atoms with Crippen LogP contribution in [0.1, 0.15) is 25.5 Å². The summed E-state index contributed by atoms with van der Waals surface area (Å²) in [5.74, 6) is 7.43. The zero-order valence-electron chi connectivity index (χ0n) is 14.1. The molecule has 3 N–H and O–H groups in total. The third-order valence-electron chi connectivity index (χ3n) is 3.78. The van der Waals surface area contributed by atoms with Gasteiger partial charge in [-0.25, -0.2) is 4.68 Å². The number of rotatable bonds is 6. The van der Waals surface area contributed by atoms with Crippen molar-refractivity contribution in [3.63, 3.8) is 0 Å². The van der Waals surface area contributed by atoms with Gasteiger partial charge in [-0.1, -0.05) is 31.7 Å². The van der Waals surface area contributed by atoms with E-state index in [1.807, 2.05) is 18.2 Å². The largest absolute Gasteiger partial charge is 0.486 e. The third-order valence-corrected chi connectivity index (χ3v) is 4.74. The summed E-state index contributed by atoms with van der Waals surface area (Å²) in [6, 6.07) is 5.65. The van der Waals surface area contributed by atoms with Crippen molar-refractivity contribution >= 4 is 17.7 Å². The Morgan fingerprint density at radius 3 is 2.80 bits per heavy atom. The van der Waals surface area contributed by atoms with Crippen molar-refractivity contribution in [2.75, 3.05) is 24.8 Å². The minimum Gasteiger partial charge on any atom is -0.486 e. The van der Waals surface area contributed by atoms with Gasteiger partial charge in [0.2, 0.25) is 11.1 Å². The molecule has 1 amide bonds. The van der Waals surface area contributed by atoms with Gasteiger partial charge in [-0.2, -0.15) is 0 Å². The van der Waals surface area contributed by atoms with Gasteiger partial charge >= 0.3 is 0 Å². The normalized spacial score (nSPS) is 14.4. The average molecular weight is 363 g/mol. The van der Waals surface area contributed by atoms with E-state index in [4.69, 9.17) is 15.3 Å². The number of carbonyl (C=O) groups excluding carboxylic acids is 1. The Kier molecular flexibility index (Phi) is 5.32. The second-order valence-electron chi connectivity index (χ2n) is 6.00. The lowest BCUT2D eigenvalue weighted by Gasteiger charge is -2.25. The van der Waals surface area contributed by atoms with Crippen molar-refractivity contribution in [1.29, 1.82) is 0 Å². The van der Waals surface area contributed by atoms with Crippen molar-refractivity contribution in [3.05, 3.63) is 30.1 Å². The molecule has 25 heavy (non-hydrogen) atoms. The van der Waals surface area contributed by atoms with Gasteiger partial charge in [0.05, 0.1) is 11.8 Å². The zero-order chi connectivity index (χ0) is 17.8. The first-order valence-electron chi connectivity index (χ1n) is 8.01. The van der Waals surface area contributed by atoms with E-state index >= 15 is 0 Å². The predicted octanol–water partition coefficient (Wildman–Crippen LogP) is 1.37. The highest BCUT2D eigenvalue weighted by Gasteiger charge is 2.21. The van der Waals surface area contributed by atoms with Gasteiger partial charge in [-0.05, 0) is 23.6 Å². The fourth-order valence-electron chi connectivity index (χ4n) is 2.57. The van der Waals surface area contributed by atoms with E-state index in [-0.39, 0.29) is 23.6 Å². The quantitative estimate of drug-likeness (QED) is 0.590. The number of benzene rings is 1. The lowest BCUT2D eigenvalue weighted by Crippen LogP contribution is -2.33. The summed E-state index contributed by atoms with van der Waals surface area (Å²) in [4.78, 5) is 12.3. The van der Waals surface area contributed by atoms with E-state index in [0.29, 0.717) is 24.1 Å². The number of nitrogens with two attached hydrogens (primary N) is 1. The highest BCUT2D eigenvalue weighted by Crippen LogP contribution is 2.34. The molecule has 1 aromatic carbocycles. The second kappa shape index (κ2) is 7.64. The Bertz CT molecular complexity index is 749. The highest BCUT2D eigenvalue weighted by atomic mass is 32.2. The molecule has 2 heterocycles. The van der Waals surface area contributed by atoms with Crippen molar-refractivity contribution in [1.82, 2.24) is 20.2 Å². The van der Waals surface area contributed by atoms with Crippen LogP contribution in [0.25, 0.3) is 0 Å². The Morgan fingerprint density at radius 1 is 1.36 bits per heavy atom. The standard InChI is InChI=1S/C16H21N5O3S/c1-10(2)15(11-3-4-12-13(7-11)24-6-5-23-12)19-14(22)8-25-16-20-18-9-21(16)17/h3-4,7,9-10,15H,5-6,8,17H2,1-2H3,(H,19,22)/t15-/m0/s1. The molecule has 0 aliphatic carbocycles. The highest BCUT2D eigenvalue weighted by molar-refractivity contribution is 7.99. The number of carbonyl (C=O) groups is 1. The third kappa shape index (κ3) is 4.16. The Morgan fingerprint density at radius 2 is 2.12 bits per heavy atom. The summed E-state index contributed by atoms with van der Waals surface area (Å²) in [7, 11) is 0. The van der Waals surface area contributed by atoms with Crippen LogP contribution < -0.4 is 20.6 Å². The SMILES string of the molecule is CC(C)[C@H](NC(=O)CSc1nncn1N)c1ccc2c(c1)OCCO2. The predicted molar refractivity (Wildman–Crippen MR) is 94.1 cm³/mol. The number of amides is 1. The van der Waals surface area contributed by atoms with Crippen LogP contribution in [0.5, 0.6) is 11.5 Å². The molecule has 1 aromatic heterocycles. The lowest BCUT2D eigenvalue weighted by molar-refractivity contribution is -0.119. The Hall–Kier alpha value is -2.42. The monoisotopic (exact) mass is 363 g/mol. The van der Waals surface area contributed by atoms with Gasteiger partial charge in [0.25, 0.3) is 0 Å². The van der Waals surface area contributed by atoms with Crippen molar-refractivity contribution in [2.24, 2.45) is 5.92 Å². The van der Waals surface area contributed by atoms with Crippen molar-refractivity contribution in [2.45, 2.75) is 25.0 Å². The fourth-order valence-corrected chi connectivity index (χ4v) is 3.21. The van der Waals surface area contributed by atoms with Crippen molar-refractivity contribution in [3.8, 4) is 11.5 Å². The zero-order valence-corrected chi connectivity index (χ0v) is 15.0. The molecule has 8 nitrogen and oxygen atoms in total. The number of nitrogens with one attached hydrogen (secondary N) is 1. The molecule has 1 aliphatic heterocycles. The molecular formula is C16H21N5O3S. The summed E-state index contributed by atoms with van der Waals surface area (Å²) in [6.45, 7) is 5.21. The van der Waals surface area contributed by atoms with E-state index in [9.17, 15) is 4.79 Å². The second-order valence-corrected chi connectivity index (χ2v) is 6.94. The Balaban J connectivity index is 1.66. The number of ether oxygens (including phenoxy) is 2. The van der Waals surface area contributed by atoms with Crippen LogP contribution in [0.15, 0.2) is 29.7 Å². The molecule has 134 valence electrons. The molecule has 3 rings (SSSR count). The maximum absolute atomic E-state index is 12.3. The molecule has 0 radical (unpaired) electrons. The first kappa shape index (κ1) is 17.4. The summed E-state index contributed by atoms with van der Waals surface area (Å²) >= 11 is 1.24. The molecule has 0 fully saturated rings. The summed E-state index contributed by atoms with van der Waals surface area (Å²) in [6.07, 6.45) is 1.40. The van der Waals surface area contributed by atoms with E-state index in [1.54, 1.807) is 0 Å². The first-order valence-corrected chi connectivity index (χ1v) is 9.00. The van der Waals surface area contributed by atoms with Gasteiger partial charge in [-0.15, -0.1) is 10.2 Å². The minimum absolute atomic E-state index is 0.0958. The minimum atomic E-state index is -0.125. The summed E-state index contributed by atoms with van der Waals surface area (Å²) < 4.78 is 12.5. The molecule has 0 unspecified atom stereocenters. The number of nitrogen functional groups attached to an aromatic ring is 1. The van der Waals surface area contributed by atoms with Gasteiger partial charge in [-0.3, -0.25) is 4.79 Å². The van der Waals surface area contributed by atoms with Crippen LogP contribution in [0.4, 0.5) is 0 Å². The fraction of sp³-hybridized carbons (Fsp3) is 0.438. The molecule has 9 heteroatoms. The number of aromatic nitrogens is 3. The molecule has 1 aliphatic rings. The van der Waals surface area contributed by atoms with Gasteiger partial charge < -0.3 is 20.6 Å². The van der Waals surface area contributed by atoms with Crippen molar-refractivity contribution < 1.29 is 14.3 Å². The number of hydrogen-bond donors (Lipinski definition) is 2. The smallest absolute Gasteiger partial charge is 0.230 e. The summed E-state index contributed by atoms with van der Waals surface area (Å²) in [5.41, 5.74) is 0.986.